The minimum Gasteiger partial charge on any atom is -0.364 e. The molecule has 2 amide bonds. The number of aromatic nitrogens is 1. The molecule has 0 saturated heterocycles. The third kappa shape index (κ3) is 2.94. The number of amides is 2. The lowest BCUT2D eigenvalue weighted by atomic mass is 10.1. The molecule has 1 aliphatic rings. The van der Waals surface area contributed by atoms with Gasteiger partial charge in [-0.2, -0.15) is 0 Å². The summed E-state index contributed by atoms with van der Waals surface area (Å²) in [7, 11) is 1.85. The van der Waals surface area contributed by atoms with Gasteiger partial charge < -0.3 is 15.5 Å². The number of hydrogen-bond acceptors (Lipinski definition) is 5. The lowest BCUT2D eigenvalue weighted by Gasteiger charge is -2.27. The highest BCUT2D eigenvalue weighted by atomic mass is 32.1. The van der Waals surface area contributed by atoms with Gasteiger partial charge in [0.2, 0.25) is 5.91 Å². The van der Waals surface area contributed by atoms with Gasteiger partial charge in [-0.15, -0.1) is 11.3 Å². The van der Waals surface area contributed by atoms with Gasteiger partial charge in [-0.1, -0.05) is 0 Å². The minimum atomic E-state index is -0.217. The van der Waals surface area contributed by atoms with Crippen LogP contribution in [0.4, 0.5) is 17.1 Å². The normalized spacial score (nSPS) is 13.5. The predicted molar refractivity (Wildman–Crippen MR) is 101 cm³/mol. The summed E-state index contributed by atoms with van der Waals surface area (Å²) in [6, 6.07) is 11.0. The Morgan fingerprint density at radius 3 is 2.96 bits per heavy atom. The van der Waals surface area contributed by atoms with Gasteiger partial charge >= 0.3 is 0 Å². The average molecular weight is 352 g/mol. The molecule has 0 bridgehead atoms. The molecule has 126 valence electrons. The van der Waals surface area contributed by atoms with Gasteiger partial charge in [-0.05, 0) is 43.3 Å². The zero-order chi connectivity index (χ0) is 17.6. The van der Waals surface area contributed by atoms with Crippen LogP contribution in [0.2, 0.25) is 0 Å². The van der Waals surface area contributed by atoms with Crippen LogP contribution in [0.25, 0.3) is 10.2 Å². The molecule has 0 aliphatic carbocycles. The smallest absolute Gasteiger partial charge is 0.255 e. The van der Waals surface area contributed by atoms with Crippen LogP contribution in [0.1, 0.15) is 15.4 Å². The van der Waals surface area contributed by atoms with E-state index >= 15 is 0 Å². The highest BCUT2D eigenvalue weighted by Crippen LogP contribution is 2.30. The number of fused-ring (bicyclic) bond motifs is 2. The molecule has 1 aliphatic heterocycles. The van der Waals surface area contributed by atoms with Crippen LogP contribution < -0.4 is 15.5 Å². The molecule has 25 heavy (non-hydrogen) atoms. The largest absolute Gasteiger partial charge is 0.364 e. The van der Waals surface area contributed by atoms with E-state index in [-0.39, 0.29) is 11.8 Å². The van der Waals surface area contributed by atoms with Gasteiger partial charge in [0, 0.05) is 18.3 Å². The van der Waals surface area contributed by atoms with E-state index in [0.29, 0.717) is 17.8 Å². The summed E-state index contributed by atoms with van der Waals surface area (Å²) in [5.41, 5.74) is 3.70. The maximum Gasteiger partial charge on any atom is 0.255 e. The lowest BCUT2D eigenvalue weighted by molar-refractivity contribution is -0.115. The molecule has 0 atom stereocenters. The summed E-state index contributed by atoms with van der Waals surface area (Å²) in [6.45, 7) is 2.27. The quantitative estimate of drug-likeness (QED) is 0.742. The molecule has 0 unspecified atom stereocenters. The number of carbonyl (C=O) groups excluding carboxylic acids is 2. The van der Waals surface area contributed by atoms with Crippen molar-refractivity contribution in [2.45, 2.75) is 6.92 Å². The number of aryl methyl sites for hydroxylation is 1. The second-order valence-electron chi connectivity index (χ2n) is 6.01. The molecule has 6 nitrogen and oxygen atoms in total. The number of nitrogens with one attached hydrogen (secondary N) is 2. The monoisotopic (exact) mass is 352 g/mol. The fourth-order valence-corrected chi connectivity index (χ4v) is 3.79. The summed E-state index contributed by atoms with van der Waals surface area (Å²) in [5.74, 6) is -0.301. The van der Waals surface area contributed by atoms with Crippen molar-refractivity contribution >= 4 is 50.4 Å². The van der Waals surface area contributed by atoms with E-state index in [4.69, 9.17) is 0 Å². The number of thiazole rings is 1. The van der Waals surface area contributed by atoms with Crippen molar-refractivity contribution in [3.05, 3.63) is 47.0 Å². The zero-order valence-electron chi connectivity index (χ0n) is 13.8. The summed E-state index contributed by atoms with van der Waals surface area (Å²) in [6.07, 6.45) is 0. The Morgan fingerprint density at radius 2 is 2.12 bits per heavy atom. The van der Waals surface area contributed by atoms with Crippen molar-refractivity contribution in [3.8, 4) is 0 Å². The van der Waals surface area contributed by atoms with Crippen molar-refractivity contribution in [2.24, 2.45) is 0 Å². The fourth-order valence-electron chi connectivity index (χ4n) is 2.92. The van der Waals surface area contributed by atoms with Crippen LogP contribution in [0, 0.1) is 6.92 Å². The Balaban J connectivity index is 1.60. The number of nitrogens with zero attached hydrogens (tertiary/aromatic N) is 2. The summed E-state index contributed by atoms with van der Waals surface area (Å²) >= 11 is 1.59. The lowest BCUT2D eigenvalue weighted by Crippen LogP contribution is -2.35. The Morgan fingerprint density at radius 1 is 1.28 bits per heavy atom. The Labute approximate surface area is 148 Å². The third-order valence-corrected chi connectivity index (χ3v) is 5.01. The second kappa shape index (κ2) is 5.86. The number of likely N-dealkylation sites (N-methyl/N-ethyl adjacent to an activating group) is 1. The maximum atomic E-state index is 12.6. The van der Waals surface area contributed by atoms with Crippen molar-refractivity contribution in [2.75, 3.05) is 29.1 Å². The third-order valence-electron chi connectivity index (χ3n) is 4.08. The highest BCUT2D eigenvalue weighted by molar-refractivity contribution is 7.18. The number of hydrogen-bond donors (Lipinski definition) is 2. The van der Waals surface area contributed by atoms with Crippen LogP contribution in [0.15, 0.2) is 36.4 Å². The molecule has 0 fully saturated rings. The van der Waals surface area contributed by atoms with Gasteiger partial charge in [0.05, 0.1) is 33.1 Å². The molecule has 2 N–H and O–H groups in total. The van der Waals surface area contributed by atoms with E-state index in [1.54, 1.807) is 23.5 Å². The number of anilines is 3. The van der Waals surface area contributed by atoms with Crippen molar-refractivity contribution < 1.29 is 9.59 Å². The van der Waals surface area contributed by atoms with E-state index < -0.39 is 0 Å². The van der Waals surface area contributed by atoms with Crippen LogP contribution in [-0.4, -0.2) is 30.4 Å². The first-order chi connectivity index (χ1) is 12.0. The van der Waals surface area contributed by atoms with Gasteiger partial charge in [0.15, 0.2) is 0 Å². The Kier molecular flexibility index (Phi) is 3.65. The molecule has 2 heterocycles. The molecule has 3 aromatic rings. The maximum absolute atomic E-state index is 12.6. The Bertz CT molecular complexity index is 1010. The van der Waals surface area contributed by atoms with Gasteiger partial charge in [0.25, 0.3) is 5.91 Å². The van der Waals surface area contributed by atoms with Crippen LogP contribution in [0.3, 0.4) is 0 Å². The number of rotatable bonds is 2. The first-order valence-electron chi connectivity index (χ1n) is 7.83. The zero-order valence-corrected chi connectivity index (χ0v) is 14.6. The number of carbonyl (C=O) groups is 2. The molecule has 0 radical (unpaired) electrons. The standard InChI is InChI=1S/C18H16N4O2S/c1-10-19-13-5-4-12(8-16(13)25-10)20-18(24)11-3-6-15-14(7-11)21-17(23)9-22(15)2/h3-8H,9H2,1-2H3,(H,20,24)(H,21,23). The van der Waals surface area contributed by atoms with Crippen molar-refractivity contribution in [3.63, 3.8) is 0 Å². The molecule has 1 aromatic heterocycles. The summed E-state index contributed by atoms with van der Waals surface area (Å²) in [5, 5.41) is 6.71. The molecular weight excluding hydrogens is 336 g/mol. The van der Waals surface area contributed by atoms with Crippen molar-refractivity contribution in [1.82, 2.24) is 4.98 Å². The van der Waals surface area contributed by atoms with E-state index in [0.717, 1.165) is 26.6 Å². The van der Waals surface area contributed by atoms with Crippen LogP contribution in [-0.2, 0) is 4.79 Å². The highest BCUT2D eigenvalue weighted by Gasteiger charge is 2.20. The van der Waals surface area contributed by atoms with Gasteiger partial charge in [-0.25, -0.2) is 4.98 Å². The number of benzene rings is 2. The first kappa shape index (κ1) is 15.6. The van der Waals surface area contributed by atoms with E-state index in [2.05, 4.69) is 15.6 Å². The molecular formula is C18H16N4O2S. The molecule has 0 spiro atoms. The average Bonchev–Trinajstić information content (AvgIpc) is 2.93. The van der Waals surface area contributed by atoms with Gasteiger partial charge in [-0.3, -0.25) is 9.59 Å². The second-order valence-corrected chi connectivity index (χ2v) is 7.24. The van der Waals surface area contributed by atoms with Gasteiger partial charge in [0.1, 0.15) is 0 Å². The molecule has 0 saturated carbocycles. The SMILES string of the molecule is Cc1nc2ccc(NC(=O)c3ccc4c(c3)NC(=O)CN4C)cc2s1. The Hall–Kier alpha value is -2.93. The molecule has 4 rings (SSSR count). The fraction of sp³-hybridized carbons (Fsp3) is 0.167. The first-order valence-corrected chi connectivity index (χ1v) is 8.65. The van der Waals surface area contributed by atoms with Crippen molar-refractivity contribution in [1.29, 1.82) is 0 Å². The van der Waals surface area contributed by atoms with E-state index in [9.17, 15) is 9.59 Å². The predicted octanol–water partition coefficient (Wildman–Crippen LogP) is 3.25. The van der Waals surface area contributed by atoms with E-state index in [1.165, 1.54) is 0 Å². The molecule has 2 aromatic carbocycles. The topological polar surface area (TPSA) is 74.3 Å². The molecule has 7 heteroatoms. The van der Waals surface area contributed by atoms with Crippen LogP contribution in [0.5, 0.6) is 0 Å². The summed E-state index contributed by atoms with van der Waals surface area (Å²) < 4.78 is 1.04. The van der Waals surface area contributed by atoms with E-state index in [1.807, 2.05) is 43.1 Å². The van der Waals surface area contributed by atoms with Crippen LogP contribution >= 0.6 is 11.3 Å². The summed E-state index contributed by atoms with van der Waals surface area (Å²) in [4.78, 5) is 30.5. The minimum absolute atomic E-state index is 0.0847.